The van der Waals surface area contributed by atoms with Gasteiger partial charge in [-0.1, -0.05) is 30.3 Å². The number of rotatable bonds is 1. The highest BCUT2D eigenvalue weighted by Gasteiger charge is 2.16. The van der Waals surface area contributed by atoms with Gasteiger partial charge in [0.05, 0.1) is 5.39 Å². The van der Waals surface area contributed by atoms with Gasteiger partial charge in [0.25, 0.3) is 0 Å². The third-order valence-corrected chi connectivity index (χ3v) is 3.23. The summed E-state index contributed by atoms with van der Waals surface area (Å²) >= 11 is 0. The summed E-state index contributed by atoms with van der Waals surface area (Å²) < 4.78 is 0. The van der Waals surface area contributed by atoms with Gasteiger partial charge in [-0.15, -0.1) is 0 Å². The van der Waals surface area contributed by atoms with E-state index in [0.717, 1.165) is 16.7 Å². The molecule has 100 valence electrons. The summed E-state index contributed by atoms with van der Waals surface area (Å²) in [6.07, 6.45) is 0. The summed E-state index contributed by atoms with van der Waals surface area (Å²) in [6, 6.07) is 9.81. The van der Waals surface area contributed by atoms with Crippen LogP contribution in [0, 0.1) is 6.92 Å². The van der Waals surface area contributed by atoms with Gasteiger partial charge in [-0.25, -0.2) is 4.98 Å². The lowest BCUT2D eigenvalue weighted by Crippen LogP contribution is -2.06. The van der Waals surface area contributed by atoms with Crippen molar-refractivity contribution in [3.63, 3.8) is 0 Å². The zero-order chi connectivity index (χ0) is 14.3. The second-order valence-electron chi connectivity index (χ2n) is 4.53. The van der Waals surface area contributed by atoms with Gasteiger partial charge in [-0.05, 0) is 18.1 Å². The standard InChI is InChI=1S/C14H14N6/c1-7-9(8-5-3-2-4-6-8)10-12(16)19-14(17)20-13(10)18-11(7)15/h2-6H,1H3,(H6,15,16,17,18,19,20). The van der Waals surface area contributed by atoms with Crippen LogP contribution in [-0.2, 0) is 0 Å². The van der Waals surface area contributed by atoms with Gasteiger partial charge in [0.2, 0.25) is 5.95 Å². The number of hydrogen-bond donors (Lipinski definition) is 3. The molecule has 0 aliphatic rings. The lowest BCUT2D eigenvalue weighted by Gasteiger charge is -2.13. The highest BCUT2D eigenvalue weighted by molar-refractivity contribution is 6.02. The first-order chi connectivity index (χ1) is 9.58. The Hall–Kier alpha value is -2.89. The summed E-state index contributed by atoms with van der Waals surface area (Å²) in [5.41, 5.74) is 20.7. The Labute approximate surface area is 115 Å². The van der Waals surface area contributed by atoms with Crippen molar-refractivity contribution in [2.24, 2.45) is 0 Å². The summed E-state index contributed by atoms with van der Waals surface area (Å²) in [6.45, 7) is 1.90. The third kappa shape index (κ3) is 1.78. The molecule has 0 saturated carbocycles. The zero-order valence-corrected chi connectivity index (χ0v) is 11.0. The van der Waals surface area contributed by atoms with Gasteiger partial charge in [0.1, 0.15) is 11.6 Å². The van der Waals surface area contributed by atoms with Crippen LogP contribution in [0.4, 0.5) is 17.6 Å². The number of pyridine rings is 1. The van der Waals surface area contributed by atoms with Crippen molar-refractivity contribution in [1.82, 2.24) is 15.0 Å². The molecule has 6 nitrogen and oxygen atoms in total. The Kier molecular flexibility index (Phi) is 2.64. The number of nitrogen functional groups attached to an aromatic ring is 3. The molecular weight excluding hydrogens is 252 g/mol. The van der Waals surface area contributed by atoms with Crippen LogP contribution in [0.25, 0.3) is 22.2 Å². The van der Waals surface area contributed by atoms with Crippen LogP contribution < -0.4 is 17.2 Å². The summed E-state index contributed by atoms with van der Waals surface area (Å²) in [5, 5.41) is 0.678. The third-order valence-electron chi connectivity index (χ3n) is 3.23. The smallest absolute Gasteiger partial charge is 0.224 e. The van der Waals surface area contributed by atoms with Crippen LogP contribution in [0.5, 0.6) is 0 Å². The van der Waals surface area contributed by atoms with Crippen molar-refractivity contribution < 1.29 is 0 Å². The topological polar surface area (TPSA) is 117 Å². The van der Waals surface area contributed by atoms with Crippen LogP contribution >= 0.6 is 0 Å². The summed E-state index contributed by atoms with van der Waals surface area (Å²) in [5.74, 6) is 0.806. The molecule has 0 unspecified atom stereocenters. The number of hydrogen-bond acceptors (Lipinski definition) is 6. The fourth-order valence-corrected chi connectivity index (χ4v) is 2.28. The Balaban J connectivity index is 2.49. The monoisotopic (exact) mass is 266 g/mol. The fourth-order valence-electron chi connectivity index (χ4n) is 2.28. The minimum Gasteiger partial charge on any atom is -0.383 e. The van der Waals surface area contributed by atoms with Crippen LogP contribution in [0.1, 0.15) is 5.56 Å². The van der Waals surface area contributed by atoms with Crippen molar-refractivity contribution >= 4 is 28.6 Å². The molecule has 2 heterocycles. The van der Waals surface area contributed by atoms with E-state index in [-0.39, 0.29) is 5.95 Å². The van der Waals surface area contributed by atoms with E-state index in [2.05, 4.69) is 15.0 Å². The molecule has 0 atom stereocenters. The Bertz CT molecular complexity index is 798. The van der Waals surface area contributed by atoms with E-state index in [1.54, 1.807) is 0 Å². The highest BCUT2D eigenvalue weighted by atomic mass is 15.1. The lowest BCUT2D eigenvalue weighted by molar-refractivity contribution is 1.20. The number of nitrogens with zero attached hydrogens (tertiary/aromatic N) is 3. The molecule has 6 N–H and O–H groups in total. The van der Waals surface area contributed by atoms with E-state index < -0.39 is 0 Å². The highest BCUT2D eigenvalue weighted by Crippen LogP contribution is 2.35. The first kappa shape index (κ1) is 12.2. The largest absolute Gasteiger partial charge is 0.383 e. The van der Waals surface area contributed by atoms with Crippen LogP contribution in [-0.4, -0.2) is 15.0 Å². The number of fused-ring (bicyclic) bond motifs is 1. The summed E-state index contributed by atoms with van der Waals surface area (Å²) in [4.78, 5) is 12.4. The molecular formula is C14H14N6. The minimum atomic E-state index is 0.0877. The molecule has 0 aliphatic heterocycles. The van der Waals surface area contributed by atoms with Gasteiger partial charge < -0.3 is 17.2 Å². The van der Waals surface area contributed by atoms with Crippen molar-refractivity contribution in [3.8, 4) is 11.1 Å². The van der Waals surface area contributed by atoms with Gasteiger partial charge >= 0.3 is 0 Å². The second-order valence-corrected chi connectivity index (χ2v) is 4.53. The van der Waals surface area contributed by atoms with Crippen molar-refractivity contribution in [2.45, 2.75) is 6.92 Å². The Morgan fingerprint density at radius 2 is 1.55 bits per heavy atom. The van der Waals surface area contributed by atoms with E-state index in [0.29, 0.717) is 22.7 Å². The maximum atomic E-state index is 6.00. The van der Waals surface area contributed by atoms with E-state index in [1.807, 2.05) is 37.3 Å². The maximum Gasteiger partial charge on any atom is 0.224 e. The number of benzene rings is 1. The molecule has 0 fully saturated rings. The molecule has 0 radical (unpaired) electrons. The second kappa shape index (κ2) is 4.34. The molecule has 0 spiro atoms. The Morgan fingerprint density at radius 3 is 2.25 bits per heavy atom. The van der Waals surface area contributed by atoms with Crippen LogP contribution in [0.2, 0.25) is 0 Å². The predicted octanol–water partition coefficient (Wildman–Crippen LogP) is 1.75. The summed E-state index contributed by atoms with van der Waals surface area (Å²) in [7, 11) is 0. The molecule has 6 heteroatoms. The number of anilines is 3. The predicted molar refractivity (Wildman–Crippen MR) is 80.7 cm³/mol. The molecule has 3 aromatic rings. The van der Waals surface area contributed by atoms with E-state index in [4.69, 9.17) is 17.2 Å². The zero-order valence-electron chi connectivity index (χ0n) is 11.0. The van der Waals surface area contributed by atoms with E-state index in [1.165, 1.54) is 0 Å². The molecule has 20 heavy (non-hydrogen) atoms. The first-order valence-corrected chi connectivity index (χ1v) is 6.12. The van der Waals surface area contributed by atoms with Crippen molar-refractivity contribution in [2.75, 3.05) is 17.2 Å². The van der Waals surface area contributed by atoms with Crippen LogP contribution in [0.3, 0.4) is 0 Å². The first-order valence-electron chi connectivity index (χ1n) is 6.12. The molecule has 3 rings (SSSR count). The maximum absolute atomic E-state index is 6.00. The molecule has 0 bridgehead atoms. The average Bonchev–Trinajstić information content (AvgIpc) is 2.42. The van der Waals surface area contributed by atoms with Gasteiger partial charge in [-0.3, -0.25) is 0 Å². The normalized spacial score (nSPS) is 10.8. The molecule has 0 amide bonds. The van der Waals surface area contributed by atoms with Crippen molar-refractivity contribution in [3.05, 3.63) is 35.9 Å². The van der Waals surface area contributed by atoms with Crippen molar-refractivity contribution in [1.29, 1.82) is 0 Å². The average molecular weight is 266 g/mol. The minimum absolute atomic E-state index is 0.0877. The van der Waals surface area contributed by atoms with E-state index >= 15 is 0 Å². The quantitative estimate of drug-likeness (QED) is 0.617. The van der Waals surface area contributed by atoms with Gasteiger partial charge in [-0.2, -0.15) is 9.97 Å². The van der Waals surface area contributed by atoms with Gasteiger partial charge in [0.15, 0.2) is 5.65 Å². The molecule has 2 aromatic heterocycles. The molecule has 0 saturated heterocycles. The van der Waals surface area contributed by atoms with E-state index in [9.17, 15) is 0 Å². The SMILES string of the molecule is Cc1c(N)nc2nc(N)nc(N)c2c1-c1ccccc1. The number of nitrogens with two attached hydrogens (primary N) is 3. The fraction of sp³-hybridized carbons (Fsp3) is 0.0714. The molecule has 0 aliphatic carbocycles. The Morgan fingerprint density at radius 1 is 0.850 bits per heavy atom. The molecule has 1 aromatic carbocycles. The van der Waals surface area contributed by atoms with Gasteiger partial charge in [0, 0.05) is 5.56 Å². The lowest BCUT2D eigenvalue weighted by atomic mass is 9.98. The number of aromatic nitrogens is 3. The van der Waals surface area contributed by atoms with Crippen LogP contribution in [0.15, 0.2) is 30.3 Å².